The second kappa shape index (κ2) is 7.19. The lowest BCUT2D eigenvalue weighted by Gasteiger charge is -2.34. The molecule has 2 aromatic rings. The fraction of sp³-hybridized carbons (Fsp3) is 0.222. The van der Waals surface area contributed by atoms with Crippen LogP contribution in [0.3, 0.4) is 0 Å². The molecule has 3 rings (SSSR count). The van der Waals surface area contributed by atoms with Gasteiger partial charge in [0, 0.05) is 23.7 Å². The maximum Gasteiger partial charge on any atom is 0.244 e. The number of piperazine rings is 1. The first-order valence-electron chi connectivity index (χ1n) is 7.97. The highest BCUT2D eigenvalue weighted by molar-refractivity contribution is 7.89. The number of hydrogen-bond acceptors (Lipinski definition) is 4. The third kappa shape index (κ3) is 3.38. The van der Waals surface area contributed by atoms with Gasteiger partial charge in [-0.15, -0.1) is 0 Å². The molecule has 26 heavy (non-hydrogen) atoms. The van der Waals surface area contributed by atoms with Gasteiger partial charge in [-0.25, -0.2) is 8.42 Å². The molecule has 136 valence electrons. The normalized spacial score (nSPS) is 18.4. The molecule has 0 aliphatic carbocycles. The van der Waals surface area contributed by atoms with E-state index in [9.17, 15) is 18.0 Å². The predicted octanol–water partition coefficient (Wildman–Crippen LogP) is 2.40. The molecule has 0 radical (unpaired) electrons. The lowest BCUT2D eigenvalue weighted by Crippen LogP contribution is -2.52. The number of benzene rings is 2. The minimum absolute atomic E-state index is 0.0306. The van der Waals surface area contributed by atoms with E-state index in [0.29, 0.717) is 16.1 Å². The summed E-state index contributed by atoms with van der Waals surface area (Å²) in [6, 6.07) is 11.4. The molecule has 1 aliphatic rings. The van der Waals surface area contributed by atoms with Crippen LogP contribution in [0.5, 0.6) is 0 Å². The summed E-state index contributed by atoms with van der Waals surface area (Å²) >= 11 is 6.20. The Balaban J connectivity index is 2.10. The summed E-state index contributed by atoms with van der Waals surface area (Å²) in [6.07, 6.45) is 0. The Labute approximate surface area is 156 Å². The molecule has 1 atom stereocenters. The van der Waals surface area contributed by atoms with Gasteiger partial charge in [0.2, 0.25) is 15.9 Å². The predicted molar refractivity (Wildman–Crippen MR) is 97.5 cm³/mol. The van der Waals surface area contributed by atoms with Crippen LogP contribution in [0.15, 0.2) is 53.4 Å². The lowest BCUT2D eigenvalue weighted by molar-refractivity contribution is -0.126. The van der Waals surface area contributed by atoms with Gasteiger partial charge in [-0.05, 0) is 30.7 Å². The van der Waals surface area contributed by atoms with Crippen molar-refractivity contribution in [3.05, 3.63) is 64.7 Å². The molecule has 1 aliphatic heterocycles. The van der Waals surface area contributed by atoms with Crippen LogP contribution in [0, 0.1) is 0 Å². The topological polar surface area (TPSA) is 83.6 Å². The monoisotopic (exact) mass is 392 g/mol. The number of hydrogen-bond donors (Lipinski definition) is 1. The van der Waals surface area contributed by atoms with Gasteiger partial charge in [0.15, 0.2) is 5.78 Å². The van der Waals surface area contributed by atoms with Crippen molar-refractivity contribution < 1.29 is 18.0 Å². The molecule has 0 spiro atoms. The van der Waals surface area contributed by atoms with E-state index in [-0.39, 0.29) is 23.8 Å². The molecule has 1 unspecified atom stereocenters. The minimum Gasteiger partial charge on any atom is -0.353 e. The van der Waals surface area contributed by atoms with Gasteiger partial charge in [-0.1, -0.05) is 41.9 Å². The maximum absolute atomic E-state index is 13.2. The highest BCUT2D eigenvalue weighted by atomic mass is 35.5. The summed E-state index contributed by atoms with van der Waals surface area (Å²) in [4.78, 5) is 24.0. The van der Waals surface area contributed by atoms with Crippen LogP contribution in [0.1, 0.15) is 28.9 Å². The third-order valence-electron chi connectivity index (χ3n) is 4.21. The van der Waals surface area contributed by atoms with E-state index in [1.54, 1.807) is 30.3 Å². The zero-order valence-corrected chi connectivity index (χ0v) is 15.5. The van der Waals surface area contributed by atoms with Crippen LogP contribution in [-0.2, 0) is 14.8 Å². The van der Waals surface area contributed by atoms with Crippen LogP contribution in [0.4, 0.5) is 0 Å². The molecule has 0 bridgehead atoms. The molecule has 6 nitrogen and oxygen atoms in total. The summed E-state index contributed by atoms with van der Waals surface area (Å²) in [5.74, 6) is -0.670. The van der Waals surface area contributed by atoms with Crippen LogP contribution in [-0.4, -0.2) is 37.5 Å². The molecule has 1 N–H and O–H groups in total. The van der Waals surface area contributed by atoms with Crippen molar-refractivity contribution in [3.8, 4) is 0 Å². The van der Waals surface area contributed by atoms with Crippen LogP contribution in [0.2, 0.25) is 5.02 Å². The first kappa shape index (κ1) is 18.6. The average Bonchev–Trinajstić information content (AvgIpc) is 2.62. The summed E-state index contributed by atoms with van der Waals surface area (Å²) in [5.41, 5.74) is 0.708. The molecule has 1 fully saturated rings. The van der Waals surface area contributed by atoms with E-state index in [1.807, 2.05) is 0 Å². The Bertz CT molecular complexity index is 975. The van der Waals surface area contributed by atoms with Gasteiger partial charge < -0.3 is 5.32 Å². The first-order valence-corrected chi connectivity index (χ1v) is 9.79. The van der Waals surface area contributed by atoms with Crippen LogP contribution in [0.25, 0.3) is 0 Å². The van der Waals surface area contributed by atoms with Crippen molar-refractivity contribution in [1.29, 1.82) is 0 Å². The third-order valence-corrected chi connectivity index (χ3v) is 6.42. The Morgan fingerprint density at radius 3 is 2.62 bits per heavy atom. The molecule has 1 amide bonds. The standard InChI is InChI=1S/C18H17ClN2O4S/c1-12(22)13-5-4-6-14(11-13)26(24,25)21-10-9-20-18(23)17(21)15-7-2-3-8-16(15)19/h2-8,11,17H,9-10H2,1H3,(H,20,23). The van der Waals surface area contributed by atoms with Crippen molar-refractivity contribution in [2.75, 3.05) is 13.1 Å². The number of amides is 1. The molecule has 1 heterocycles. The Kier molecular flexibility index (Phi) is 5.13. The summed E-state index contributed by atoms with van der Waals surface area (Å²) in [7, 11) is -4.00. The SMILES string of the molecule is CC(=O)c1cccc(S(=O)(=O)N2CCNC(=O)C2c2ccccc2Cl)c1. The number of nitrogens with zero attached hydrogens (tertiary/aromatic N) is 1. The number of rotatable bonds is 4. The van der Waals surface area contributed by atoms with Crippen molar-refractivity contribution in [1.82, 2.24) is 9.62 Å². The number of nitrogens with one attached hydrogen (secondary N) is 1. The fourth-order valence-electron chi connectivity index (χ4n) is 2.91. The van der Waals surface area contributed by atoms with Gasteiger partial charge >= 0.3 is 0 Å². The van der Waals surface area contributed by atoms with Crippen LogP contribution >= 0.6 is 11.6 Å². The molecule has 0 saturated carbocycles. The summed E-state index contributed by atoms with van der Waals surface area (Å²) < 4.78 is 27.5. The largest absolute Gasteiger partial charge is 0.353 e. The number of halogens is 1. The van der Waals surface area contributed by atoms with E-state index in [1.165, 1.54) is 25.1 Å². The van der Waals surface area contributed by atoms with Gasteiger partial charge in [0.05, 0.1) is 4.90 Å². The van der Waals surface area contributed by atoms with Crippen LogP contribution < -0.4 is 5.32 Å². The van der Waals surface area contributed by atoms with Gasteiger partial charge in [-0.3, -0.25) is 9.59 Å². The fourth-order valence-corrected chi connectivity index (χ4v) is 4.76. The molecule has 8 heteroatoms. The summed E-state index contributed by atoms with van der Waals surface area (Å²) in [6.45, 7) is 1.67. The van der Waals surface area contributed by atoms with Gasteiger partial charge in [0.25, 0.3) is 0 Å². The van der Waals surface area contributed by atoms with Crippen molar-refractivity contribution >= 4 is 33.3 Å². The number of sulfonamides is 1. The molecular formula is C18H17ClN2O4S. The van der Waals surface area contributed by atoms with Crippen molar-refractivity contribution in [2.45, 2.75) is 17.9 Å². The van der Waals surface area contributed by atoms with Crippen molar-refractivity contribution in [3.63, 3.8) is 0 Å². The van der Waals surface area contributed by atoms with E-state index in [2.05, 4.69) is 5.32 Å². The van der Waals surface area contributed by atoms with E-state index < -0.39 is 22.0 Å². The van der Waals surface area contributed by atoms with E-state index in [4.69, 9.17) is 11.6 Å². The first-order chi connectivity index (χ1) is 12.3. The number of carbonyl (C=O) groups is 2. The summed E-state index contributed by atoms with van der Waals surface area (Å²) in [5, 5.41) is 3.00. The van der Waals surface area contributed by atoms with E-state index >= 15 is 0 Å². The minimum atomic E-state index is -4.00. The average molecular weight is 393 g/mol. The lowest BCUT2D eigenvalue weighted by atomic mass is 10.0. The highest BCUT2D eigenvalue weighted by Crippen LogP contribution is 2.33. The second-order valence-electron chi connectivity index (χ2n) is 5.91. The molecule has 2 aromatic carbocycles. The van der Waals surface area contributed by atoms with Gasteiger partial charge in [0.1, 0.15) is 6.04 Å². The van der Waals surface area contributed by atoms with Gasteiger partial charge in [-0.2, -0.15) is 4.31 Å². The second-order valence-corrected chi connectivity index (χ2v) is 8.21. The Hall–Kier alpha value is -2.22. The zero-order chi connectivity index (χ0) is 18.9. The zero-order valence-electron chi connectivity index (χ0n) is 14.0. The molecule has 0 aromatic heterocycles. The smallest absolute Gasteiger partial charge is 0.244 e. The Morgan fingerprint density at radius 2 is 1.92 bits per heavy atom. The molecular weight excluding hydrogens is 376 g/mol. The van der Waals surface area contributed by atoms with Crippen molar-refractivity contribution in [2.24, 2.45) is 0 Å². The highest BCUT2D eigenvalue weighted by Gasteiger charge is 2.40. The molecule has 1 saturated heterocycles. The number of Topliss-reactive ketones (excluding diaryl/α,β-unsaturated/α-hetero) is 1. The number of ketones is 1. The maximum atomic E-state index is 13.2. The Morgan fingerprint density at radius 1 is 1.19 bits per heavy atom. The quantitative estimate of drug-likeness (QED) is 0.810. The van der Waals surface area contributed by atoms with E-state index in [0.717, 1.165) is 4.31 Å². The number of carbonyl (C=O) groups excluding carboxylic acids is 2.